The fourth-order valence-electron chi connectivity index (χ4n) is 2.17. The van der Waals surface area contributed by atoms with Gasteiger partial charge >= 0.3 is 5.97 Å². The average molecular weight is 425 g/mol. The van der Waals surface area contributed by atoms with Crippen LogP contribution in [0, 0.1) is 6.92 Å². The maximum Gasteiger partial charge on any atom is 0.339 e. The Bertz CT molecular complexity index is 747. The van der Waals surface area contributed by atoms with E-state index in [1.807, 2.05) is 31.2 Å². The van der Waals surface area contributed by atoms with Crippen LogP contribution in [-0.2, 0) is 16.0 Å². The number of aryl methyl sites for hydroxylation is 2. The summed E-state index contributed by atoms with van der Waals surface area (Å²) in [6.45, 7) is 2.39. The summed E-state index contributed by atoms with van der Waals surface area (Å²) in [5, 5.41) is 3.07. The number of hydrogen-bond donors (Lipinski definition) is 1. The molecule has 132 valence electrons. The van der Waals surface area contributed by atoms with E-state index < -0.39 is 5.97 Å². The standard InChI is InChI=1S/C19H19BrClNO3/c1-13-2-4-14(5-3-13)6-9-18(23)22-10-11-25-19(24)16-12-15(20)7-8-17(16)21/h2-5,7-8,12H,6,9-11H2,1H3,(H,22,23). The van der Waals surface area contributed by atoms with E-state index in [0.29, 0.717) is 23.4 Å². The first-order valence-electron chi connectivity index (χ1n) is 7.90. The molecule has 0 atom stereocenters. The second-order valence-electron chi connectivity index (χ2n) is 5.60. The van der Waals surface area contributed by atoms with E-state index >= 15 is 0 Å². The normalized spacial score (nSPS) is 10.4. The van der Waals surface area contributed by atoms with E-state index in [2.05, 4.69) is 21.2 Å². The molecule has 2 aromatic rings. The lowest BCUT2D eigenvalue weighted by molar-refractivity contribution is -0.121. The number of carbonyl (C=O) groups excluding carboxylic acids is 2. The Morgan fingerprint density at radius 3 is 2.60 bits per heavy atom. The largest absolute Gasteiger partial charge is 0.460 e. The predicted molar refractivity (Wildman–Crippen MR) is 102 cm³/mol. The van der Waals surface area contributed by atoms with Crippen LogP contribution in [0.5, 0.6) is 0 Å². The van der Waals surface area contributed by atoms with E-state index in [9.17, 15) is 9.59 Å². The molecule has 0 aliphatic heterocycles. The van der Waals surface area contributed by atoms with Crippen LogP contribution in [0.2, 0.25) is 5.02 Å². The smallest absolute Gasteiger partial charge is 0.339 e. The zero-order chi connectivity index (χ0) is 18.2. The Morgan fingerprint density at radius 2 is 1.88 bits per heavy atom. The van der Waals surface area contributed by atoms with Gasteiger partial charge < -0.3 is 10.1 Å². The number of ether oxygens (including phenoxy) is 1. The van der Waals surface area contributed by atoms with Crippen molar-refractivity contribution in [2.45, 2.75) is 19.8 Å². The third-order valence-electron chi connectivity index (χ3n) is 3.57. The topological polar surface area (TPSA) is 55.4 Å². The number of carbonyl (C=O) groups is 2. The minimum atomic E-state index is -0.514. The van der Waals surface area contributed by atoms with Gasteiger partial charge in [-0.1, -0.05) is 57.4 Å². The van der Waals surface area contributed by atoms with E-state index in [0.717, 1.165) is 10.0 Å². The number of amides is 1. The zero-order valence-electron chi connectivity index (χ0n) is 13.9. The molecule has 0 fully saturated rings. The number of nitrogens with one attached hydrogen (secondary N) is 1. The average Bonchev–Trinajstić information content (AvgIpc) is 2.60. The lowest BCUT2D eigenvalue weighted by atomic mass is 10.1. The molecule has 0 spiro atoms. The van der Waals surface area contributed by atoms with Crippen LogP contribution in [0.3, 0.4) is 0 Å². The molecular weight excluding hydrogens is 406 g/mol. The van der Waals surface area contributed by atoms with Gasteiger partial charge in [0.15, 0.2) is 0 Å². The van der Waals surface area contributed by atoms with Gasteiger partial charge in [-0.3, -0.25) is 4.79 Å². The number of hydrogen-bond acceptors (Lipinski definition) is 3. The van der Waals surface area contributed by atoms with Gasteiger partial charge in [0.2, 0.25) is 5.91 Å². The summed E-state index contributed by atoms with van der Waals surface area (Å²) in [7, 11) is 0. The van der Waals surface area contributed by atoms with E-state index in [4.69, 9.17) is 16.3 Å². The summed E-state index contributed by atoms with van der Waals surface area (Å²) in [5.74, 6) is -0.586. The van der Waals surface area contributed by atoms with Crippen molar-refractivity contribution in [2.24, 2.45) is 0 Å². The Morgan fingerprint density at radius 1 is 1.16 bits per heavy atom. The van der Waals surface area contributed by atoms with Crippen LogP contribution >= 0.6 is 27.5 Å². The van der Waals surface area contributed by atoms with Crippen LogP contribution in [-0.4, -0.2) is 25.0 Å². The summed E-state index contributed by atoms with van der Waals surface area (Å²) in [5.41, 5.74) is 2.61. The molecule has 2 aromatic carbocycles. The predicted octanol–water partition coefficient (Wildman–Crippen LogP) is 4.32. The van der Waals surface area contributed by atoms with Gasteiger partial charge in [-0.2, -0.15) is 0 Å². The lowest BCUT2D eigenvalue weighted by Gasteiger charge is -2.08. The Balaban J connectivity index is 1.68. The molecule has 0 aliphatic carbocycles. The van der Waals surface area contributed by atoms with Crippen LogP contribution in [0.4, 0.5) is 0 Å². The minimum absolute atomic E-state index is 0.0721. The SMILES string of the molecule is Cc1ccc(CCC(=O)NCCOC(=O)c2cc(Br)ccc2Cl)cc1. The maximum absolute atomic E-state index is 12.0. The van der Waals surface area contributed by atoms with Crippen molar-refractivity contribution in [1.82, 2.24) is 5.32 Å². The Hall–Kier alpha value is -1.85. The summed E-state index contributed by atoms with van der Waals surface area (Å²) < 4.78 is 5.88. The van der Waals surface area contributed by atoms with Gasteiger partial charge in [-0.15, -0.1) is 0 Å². The van der Waals surface area contributed by atoms with Crippen molar-refractivity contribution in [3.8, 4) is 0 Å². The van der Waals surface area contributed by atoms with E-state index in [1.165, 1.54) is 5.56 Å². The molecule has 0 heterocycles. The van der Waals surface area contributed by atoms with Crippen molar-refractivity contribution < 1.29 is 14.3 Å². The van der Waals surface area contributed by atoms with Crippen LogP contribution in [0.15, 0.2) is 46.9 Å². The molecule has 0 aromatic heterocycles. The molecule has 2 rings (SSSR count). The van der Waals surface area contributed by atoms with E-state index in [-0.39, 0.29) is 19.1 Å². The first-order chi connectivity index (χ1) is 12.0. The second-order valence-corrected chi connectivity index (χ2v) is 6.92. The Kier molecular flexibility index (Phi) is 7.47. The highest BCUT2D eigenvalue weighted by Crippen LogP contribution is 2.21. The molecule has 0 radical (unpaired) electrons. The molecule has 4 nitrogen and oxygen atoms in total. The van der Waals surface area contributed by atoms with E-state index in [1.54, 1.807) is 18.2 Å². The zero-order valence-corrected chi connectivity index (χ0v) is 16.2. The molecule has 6 heteroatoms. The molecule has 0 saturated carbocycles. The van der Waals surface area contributed by atoms with Crippen LogP contribution in [0.25, 0.3) is 0 Å². The lowest BCUT2D eigenvalue weighted by Crippen LogP contribution is -2.28. The fraction of sp³-hybridized carbons (Fsp3) is 0.263. The van der Waals surface area contributed by atoms with Crippen molar-refractivity contribution in [2.75, 3.05) is 13.2 Å². The summed E-state index contributed by atoms with van der Waals surface area (Å²) in [6, 6.07) is 13.1. The number of benzene rings is 2. The van der Waals surface area contributed by atoms with Gasteiger partial charge in [0, 0.05) is 10.9 Å². The molecule has 0 unspecified atom stereocenters. The van der Waals surface area contributed by atoms with Gasteiger partial charge in [-0.25, -0.2) is 4.79 Å². The molecule has 0 saturated heterocycles. The minimum Gasteiger partial charge on any atom is -0.460 e. The monoisotopic (exact) mass is 423 g/mol. The van der Waals surface area contributed by atoms with Crippen molar-refractivity contribution in [1.29, 1.82) is 0 Å². The summed E-state index contributed by atoms with van der Waals surface area (Å²) in [6.07, 6.45) is 1.08. The highest BCUT2D eigenvalue weighted by atomic mass is 79.9. The fourth-order valence-corrected chi connectivity index (χ4v) is 2.72. The third kappa shape index (κ3) is 6.52. The van der Waals surface area contributed by atoms with Gasteiger partial charge in [0.1, 0.15) is 6.61 Å². The summed E-state index contributed by atoms with van der Waals surface area (Å²) >= 11 is 9.25. The molecule has 25 heavy (non-hydrogen) atoms. The number of rotatable bonds is 7. The maximum atomic E-state index is 12.0. The first-order valence-corrected chi connectivity index (χ1v) is 9.07. The number of halogens is 2. The Labute approximate surface area is 160 Å². The van der Waals surface area contributed by atoms with Crippen molar-refractivity contribution >= 4 is 39.4 Å². The van der Waals surface area contributed by atoms with Gasteiger partial charge in [0.05, 0.1) is 17.1 Å². The molecule has 1 amide bonds. The van der Waals surface area contributed by atoms with Crippen LogP contribution in [0.1, 0.15) is 27.9 Å². The molecular formula is C19H19BrClNO3. The first kappa shape index (κ1) is 19.5. The van der Waals surface area contributed by atoms with Gasteiger partial charge in [0.25, 0.3) is 0 Å². The highest BCUT2D eigenvalue weighted by molar-refractivity contribution is 9.10. The van der Waals surface area contributed by atoms with Crippen molar-refractivity contribution in [3.05, 3.63) is 68.7 Å². The summed E-state index contributed by atoms with van der Waals surface area (Å²) in [4.78, 5) is 23.8. The molecule has 1 N–H and O–H groups in total. The van der Waals surface area contributed by atoms with Crippen LogP contribution < -0.4 is 5.32 Å². The number of esters is 1. The van der Waals surface area contributed by atoms with Crippen molar-refractivity contribution in [3.63, 3.8) is 0 Å². The third-order valence-corrected chi connectivity index (χ3v) is 4.39. The second kappa shape index (κ2) is 9.59. The highest BCUT2D eigenvalue weighted by Gasteiger charge is 2.12. The quantitative estimate of drug-likeness (QED) is 0.532. The molecule has 0 aliphatic rings. The van der Waals surface area contributed by atoms with Gasteiger partial charge in [-0.05, 0) is 37.1 Å². The molecule has 0 bridgehead atoms.